The van der Waals surface area contributed by atoms with E-state index >= 15 is 0 Å². The fraction of sp³-hybridized carbons (Fsp3) is 0.310. The zero-order chi connectivity index (χ0) is 28.7. The van der Waals surface area contributed by atoms with Crippen LogP contribution in [0.3, 0.4) is 0 Å². The summed E-state index contributed by atoms with van der Waals surface area (Å²) in [5.41, 5.74) is 2.90. The van der Waals surface area contributed by atoms with Gasteiger partial charge >= 0.3 is 0 Å². The van der Waals surface area contributed by atoms with Gasteiger partial charge in [0, 0.05) is 13.1 Å². The Morgan fingerprint density at radius 3 is 2.28 bits per heavy atom. The first kappa shape index (κ1) is 30.0. The van der Waals surface area contributed by atoms with Gasteiger partial charge in [-0.3, -0.25) is 13.9 Å². The molecule has 1 atom stereocenters. The number of halogens is 1. The number of amides is 2. The third-order valence-corrected chi connectivity index (χ3v) is 8.35. The topological polar surface area (TPSA) is 96.0 Å². The first-order chi connectivity index (χ1) is 18.5. The molecule has 3 aromatic carbocycles. The Morgan fingerprint density at radius 2 is 1.69 bits per heavy atom. The summed E-state index contributed by atoms with van der Waals surface area (Å²) in [5.74, 6) is -0.512. The summed E-state index contributed by atoms with van der Waals surface area (Å²) in [4.78, 5) is 28.1. The Bertz CT molecular complexity index is 1430. The highest BCUT2D eigenvalue weighted by atomic mass is 35.5. The van der Waals surface area contributed by atoms with E-state index in [0.29, 0.717) is 12.3 Å². The van der Waals surface area contributed by atoms with E-state index in [9.17, 15) is 18.0 Å². The lowest BCUT2D eigenvalue weighted by molar-refractivity contribution is -0.139. The molecule has 0 unspecified atom stereocenters. The summed E-state index contributed by atoms with van der Waals surface area (Å²) in [6.07, 6.45) is 0. The van der Waals surface area contributed by atoms with Gasteiger partial charge in [-0.15, -0.1) is 0 Å². The van der Waals surface area contributed by atoms with E-state index in [4.69, 9.17) is 16.3 Å². The van der Waals surface area contributed by atoms with Crippen molar-refractivity contribution in [2.45, 2.75) is 45.2 Å². The van der Waals surface area contributed by atoms with E-state index in [2.05, 4.69) is 5.32 Å². The number of hydrogen-bond donors (Lipinski definition) is 1. The number of nitrogens with zero attached hydrogens (tertiary/aromatic N) is 2. The Labute approximate surface area is 235 Å². The van der Waals surface area contributed by atoms with Crippen molar-refractivity contribution in [3.8, 4) is 5.75 Å². The quantitative estimate of drug-likeness (QED) is 0.359. The summed E-state index contributed by atoms with van der Waals surface area (Å²) < 4.78 is 34.0. The highest BCUT2D eigenvalue weighted by Gasteiger charge is 2.32. The maximum Gasteiger partial charge on any atom is 0.264 e. The van der Waals surface area contributed by atoms with Crippen LogP contribution in [-0.2, 0) is 26.2 Å². The van der Waals surface area contributed by atoms with Crippen LogP contribution < -0.4 is 14.4 Å². The standard InChI is InChI=1S/C29H34ClN3O5S/c1-6-31-29(35)22(4)32(18-23-9-7-8-21(3)16-23)28(34)19-33(24-12-15-27(38-5)26(30)17-24)39(36,37)25-13-10-20(2)11-14-25/h7-17,22H,6,18-19H2,1-5H3,(H,31,35)/t22-/m0/s1. The lowest BCUT2D eigenvalue weighted by atomic mass is 10.1. The minimum atomic E-state index is -4.19. The van der Waals surface area contributed by atoms with Crippen LogP contribution in [0.15, 0.2) is 71.6 Å². The molecule has 8 nitrogen and oxygen atoms in total. The number of carbonyl (C=O) groups excluding carboxylic acids is 2. The molecule has 208 valence electrons. The molecule has 0 saturated heterocycles. The summed E-state index contributed by atoms with van der Waals surface area (Å²) >= 11 is 6.34. The van der Waals surface area contributed by atoms with Crippen molar-refractivity contribution in [2.24, 2.45) is 0 Å². The molecule has 2 amide bonds. The summed E-state index contributed by atoms with van der Waals surface area (Å²) in [6, 6.07) is 17.6. The molecule has 0 aliphatic carbocycles. The van der Waals surface area contributed by atoms with Crippen molar-refractivity contribution in [1.29, 1.82) is 0 Å². The molecule has 3 aromatic rings. The van der Waals surface area contributed by atoms with Gasteiger partial charge in [0.15, 0.2) is 0 Å². The van der Waals surface area contributed by atoms with Gasteiger partial charge in [0.1, 0.15) is 18.3 Å². The van der Waals surface area contributed by atoms with Crippen LogP contribution in [0.4, 0.5) is 5.69 Å². The molecule has 10 heteroatoms. The largest absolute Gasteiger partial charge is 0.495 e. The van der Waals surface area contributed by atoms with Crippen molar-refractivity contribution < 1.29 is 22.7 Å². The number of methoxy groups -OCH3 is 1. The molecule has 1 N–H and O–H groups in total. The van der Waals surface area contributed by atoms with Gasteiger partial charge in [-0.2, -0.15) is 0 Å². The predicted octanol–water partition coefficient (Wildman–Crippen LogP) is 4.71. The number of aryl methyl sites for hydroxylation is 2. The van der Waals surface area contributed by atoms with Crippen LogP contribution in [0.2, 0.25) is 5.02 Å². The zero-order valence-electron chi connectivity index (χ0n) is 22.8. The van der Waals surface area contributed by atoms with Crippen molar-refractivity contribution in [3.05, 3.63) is 88.4 Å². The van der Waals surface area contributed by atoms with E-state index in [-0.39, 0.29) is 28.1 Å². The first-order valence-electron chi connectivity index (χ1n) is 12.5. The molecule has 0 aliphatic heterocycles. The zero-order valence-corrected chi connectivity index (χ0v) is 24.3. The second kappa shape index (κ2) is 13.0. The Hall–Kier alpha value is -3.56. The number of nitrogens with one attached hydrogen (secondary N) is 1. The first-order valence-corrected chi connectivity index (χ1v) is 14.4. The molecule has 3 rings (SSSR count). The van der Waals surface area contributed by atoms with Crippen molar-refractivity contribution in [2.75, 3.05) is 24.5 Å². The van der Waals surface area contributed by atoms with E-state index in [1.807, 2.05) is 38.1 Å². The second-order valence-electron chi connectivity index (χ2n) is 9.22. The van der Waals surface area contributed by atoms with Crippen LogP contribution in [0.5, 0.6) is 5.75 Å². The van der Waals surface area contributed by atoms with Crippen molar-refractivity contribution >= 4 is 39.1 Å². The number of rotatable bonds is 11. The van der Waals surface area contributed by atoms with E-state index in [1.165, 1.54) is 36.3 Å². The molecule has 0 spiro atoms. The predicted molar refractivity (Wildman–Crippen MR) is 154 cm³/mol. The minimum Gasteiger partial charge on any atom is -0.495 e. The molecule has 0 fully saturated rings. The highest BCUT2D eigenvalue weighted by molar-refractivity contribution is 7.92. The highest BCUT2D eigenvalue weighted by Crippen LogP contribution is 2.32. The second-order valence-corrected chi connectivity index (χ2v) is 11.5. The van der Waals surface area contributed by atoms with E-state index in [0.717, 1.165) is 21.0 Å². The molecular weight excluding hydrogens is 538 g/mol. The van der Waals surface area contributed by atoms with Gasteiger partial charge < -0.3 is 15.0 Å². The van der Waals surface area contributed by atoms with Gasteiger partial charge in [0.05, 0.1) is 22.7 Å². The summed E-state index contributed by atoms with van der Waals surface area (Å²) in [5, 5.41) is 2.94. The minimum absolute atomic E-state index is 0.0230. The lowest BCUT2D eigenvalue weighted by Crippen LogP contribution is -2.51. The van der Waals surface area contributed by atoms with Gasteiger partial charge in [0.2, 0.25) is 11.8 Å². The van der Waals surface area contributed by atoms with E-state index < -0.39 is 28.5 Å². The lowest BCUT2D eigenvalue weighted by Gasteiger charge is -2.32. The number of ether oxygens (including phenoxy) is 1. The molecular formula is C29H34ClN3O5S. The van der Waals surface area contributed by atoms with Crippen LogP contribution >= 0.6 is 11.6 Å². The van der Waals surface area contributed by atoms with Crippen LogP contribution in [0.1, 0.15) is 30.5 Å². The number of anilines is 1. The average molecular weight is 572 g/mol. The Balaban J connectivity index is 2.07. The smallest absolute Gasteiger partial charge is 0.264 e. The van der Waals surface area contributed by atoms with Crippen LogP contribution in [0.25, 0.3) is 0 Å². The molecule has 0 saturated carbocycles. The number of benzene rings is 3. The van der Waals surface area contributed by atoms with Crippen molar-refractivity contribution in [3.63, 3.8) is 0 Å². The average Bonchev–Trinajstić information content (AvgIpc) is 2.90. The Kier molecular flexibility index (Phi) is 9.99. The van der Waals surface area contributed by atoms with Crippen molar-refractivity contribution in [1.82, 2.24) is 10.2 Å². The van der Waals surface area contributed by atoms with Crippen LogP contribution in [0, 0.1) is 13.8 Å². The Morgan fingerprint density at radius 1 is 1.00 bits per heavy atom. The summed E-state index contributed by atoms with van der Waals surface area (Å²) in [7, 11) is -2.73. The molecule has 0 aromatic heterocycles. The molecule has 0 heterocycles. The van der Waals surface area contributed by atoms with Gasteiger partial charge in [-0.05, 0) is 63.6 Å². The number of likely N-dealkylation sites (N-methyl/N-ethyl adjacent to an activating group) is 1. The fourth-order valence-corrected chi connectivity index (χ4v) is 5.75. The van der Waals surface area contributed by atoms with Gasteiger partial charge in [0.25, 0.3) is 10.0 Å². The normalized spacial score (nSPS) is 11.9. The SMILES string of the molecule is CCNC(=O)[C@H](C)N(Cc1cccc(C)c1)C(=O)CN(c1ccc(OC)c(Cl)c1)S(=O)(=O)c1ccc(C)cc1. The monoisotopic (exact) mass is 571 g/mol. The molecule has 0 aliphatic rings. The molecule has 0 bridgehead atoms. The number of hydrogen-bond acceptors (Lipinski definition) is 5. The summed E-state index contributed by atoms with van der Waals surface area (Å²) in [6.45, 7) is 7.18. The third-order valence-electron chi connectivity index (χ3n) is 6.26. The van der Waals surface area contributed by atoms with Gasteiger partial charge in [-0.25, -0.2) is 8.42 Å². The third kappa shape index (κ3) is 7.30. The molecule has 0 radical (unpaired) electrons. The number of sulfonamides is 1. The molecule has 39 heavy (non-hydrogen) atoms. The van der Waals surface area contributed by atoms with Crippen LogP contribution in [-0.4, -0.2) is 51.4 Å². The maximum absolute atomic E-state index is 13.9. The van der Waals surface area contributed by atoms with Gasteiger partial charge in [-0.1, -0.05) is 59.1 Å². The fourth-order valence-electron chi connectivity index (χ4n) is 4.09. The van der Waals surface area contributed by atoms with E-state index in [1.54, 1.807) is 32.0 Å². The number of carbonyl (C=O) groups is 2. The maximum atomic E-state index is 13.9.